The first-order valence-electron chi connectivity index (χ1n) is 6.61. The van der Waals surface area contributed by atoms with Gasteiger partial charge in [-0.1, -0.05) is 20.8 Å². The van der Waals surface area contributed by atoms with Crippen LogP contribution in [0.25, 0.3) is 10.9 Å². The number of rotatable bonds is 2. The van der Waals surface area contributed by atoms with E-state index < -0.39 is 0 Å². The smallest absolute Gasteiger partial charge is 0.295 e. The van der Waals surface area contributed by atoms with Gasteiger partial charge in [-0.25, -0.2) is 4.98 Å². The maximum Gasteiger partial charge on any atom is 0.295 e. The number of carbonyl (C=O) groups excluding carboxylic acids is 1. The van der Waals surface area contributed by atoms with E-state index in [0.29, 0.717) is 11.5 Å². The molecule has 0 saturated carbocycles. The summed E-state index contributed by atoms with van der Waals surface area (Å²) in [6.07, 6.45) is 1.70. The zero-order valence-corrected chi connectivity index (χ0v) is 12.1. The summed E-state index contributed by atoms with van der Waals surface area (Å²) in [6, 6.07) is 5.50. The Kier molecular flexibility index (Phi) is 2.97. The Labute approximate surface area is 121 Å². The van der Waals surface area contributed by atoms with Gasteiger partial charge in [0.1, 0.15) is 5.82 Å². The zero-order chi connectivity index (χ0) is 15.0. The predicted octanol–water partition coefficient (Wildman–Crippen LogP) is 2.23. The van der Waals surface area contributed by atoms with Crippen LogP contribution in [0.1, 0.15) is 37.2 Å². The van der Waals surface area contributed by atoms with E-state index in [0.717, 1.165) is 10.9 Å². The fraction of sp³-hybridized carbons (Fsp3) is 0.286. The van der Waals surface area contributed by atoms with Gasteiger partial charge in [0.2, 0.25) is 5.82 Å². The van der Waals surface area contributed by atoms with Gasteiger partial charge in [0.15, 0.2) is 0 Å². The molecule has 7 heteroatoms. The number of nitrogens with one attached hydrogen (secondary N) is 3. The van der Waals surface area contributed by atoms with E-state index in [2.05, 4.69) is 30.7 Å². The van der Waals surface area contributed by atoms with Gasteiger partial charge in [-0.2, -0.15) is 5.10 Å². The van der Waals surface area contributed by atoms with Crippen molar-refractivity contribution < 1.29 is 4.79 Å². The molecule has 0 aliphatic heterocycles. The Morgan fingerprint density at radius 2 is 2.05 bits per heavy atom. The second-order valence-corrected chi connectivity index (χ2v) is 5.88. The van der Waals surface area contributed by atoms with Gasteiger partial charge in [-0.3, -0.25) is 15.0 Å². The van der Waals surface area contributed by atoms with Crippen molar-refractivity contribution in [2.75, 3.05) is 5.32 Å². The van der Waals surface area contributed by atoms with Crippen LogP contribution >= 0.6 is 0 Å². The number of hydrogen-bond donors (Lipinski definition) is 3. The Bertz CT molecular complexity index is 795. The normalized spacial score (nSPS) is 11.8. The number of hydrogen-bond acceptors (Lipinski definition) is 4. The Morgan fingerprint density at radius 3 is 2.76 bits per heavy atom. The maximum atomic E-state index is 12.1. The highest BCUT2D eigenvalue weighted by Crippen LogP contribution is 2.19. The van der Waals surface area contributed by atoms with E-state index in [9.17, 15) is 4.79 Å². The van der Waals surface area contributed by atoms with E-state index in [1.165, 1.54) is 0 Å². The lowest BCUT2D eigenvalue weighted by atomic mass is 9.96. The Balaban J connectivity index is 1.80. The van der Waals surface area contributed by atoms with Gasteiger partial charge in [-0.05, 0) is 18.2 Å². The van der Waals surface area contributed by atoms with Crippen LogP contribution in [-0.4, -0.2) is 31.3 Å². The SMILES string of the molecule is CC(C)(C)c1nc(C(=O)Nc2ccc3[nH]ncc3c2)n[nH]1. The van der Waals surface area contributed by atoms with E-state index >= 15 is 0 Å². The van der Waals surface area contributed by atoms with Crippen LogP contribution in [0.4, 0.5) is 5.69 Å². The molecule has 3 N–H and O–H groups in total. The molecule has 0 spiro atoms. The number of amides is 1. The molecule has 7 nitrogen and oxygen atoms in total. The van der Waals surface area contributed by atoms with Crippen LogP contribution in [0.2, 0.25) is 0 Å². The molecule has 0 aliphatic rings. The largest absolute Gasteiger partial charge is 0.319 e. The second kappa shape index (κ2) is 4.69. The van der Waals surface area contributed by atoms with Crippen LogP contribution in [0.5, 0.6) is 0 Å². The summed E-state index contributed by atoms with van der Waals surface area (Å²) in [5.41, 5.74) is 1.42. The average Bonchev–Trinajstić information content (AvgIpc) is 3.06. The predicted molar refractivity (Wildman–Crippen MR) is 79.1 cm³/mol. The fourth-order valence-corrected chi connectivity index (χ4v) is 1.91. The molecule has 0 atom stereocenters. The summed E-state index contributed by atoms with van der Waals surface area (Å²) in [5.74, 6) is 0.467. The molecule has 21 heavy (non-hydrogen) atoms. The monoisotopic (exact) mass is 284 g/mol. The zero-order valence-electron chi connectivity index (χ0n) is 12.1. The molecule has 1 amide bonds. The quantitative estimate of drug-likeness (QED) is 0.672. The van der Waals surface area contributed by atoms with Gasteiger partial charge in [0.25, 0.3) is 5.91 Å². The lowest BCUT2D eigenvalue weighted by Crippen LogP contribution is -2.16. The van der Waals surface area contributed by atoms with Crippen LogP contribution < -0.4 is 5.32 Å². The molecule has 2 aromatic heterocycles. The minimum absolute atomic E-state index is 0.132. The van der Waals surface area contributed by atoms with Crippen molar-refractivity contribution in [3.63, 3.8) is 0 Å². The topological polar surface area (TPSA) is 99.3 Å². The molecule has 3 rings (SSSR count). The van der Waals surface area contributed by atoms with E-state index in [-0.39, 0.29) is 17.1 Å². The molecule has 3 aromatic rings. The van der Waals surface area contributed by atoms with Crippen molar-refractivity contribution in [3.8, 4) is 0 Å². The third-order valence-corrected chi connectivity index (χ3v) is 3.10. The molecular weight excluding hydrogens is 268 g/mol. The van der Waals surface area contributed by atoms with E-state index in [4.69, 9.17) is 0 Å². The minimum atomic E-state index is -0.343. The van der Waals surface area contributed by atoms with Gasteiger partial charge >= 0.3 is 0 Å². The summed E-state index contributed by atoms with van der Waals surface area (Å²) in [7, 11) is 0. The highest BCUT2D eigenvalue weighted by atomic mass is 16.2. The van der Waals surface area contributed by atoms with Crippen molar-refractivity contribution in [2.24, 2.45) is 0 Å². The first-order chi connectivity index (χ1) is 9.93. The average molecular weight is 284 g/mol. The number of carbonyl (C=O) groups is 1. The van der Waals surface area contributed by atoms with Gasteiger partial charge in [0, 0.05) is 16.5 Å². The van der Waals surface area contributed by atoms with Crippen molar-refractivity contribution in [3.05, 3.63) is 36.0 Å². The molecule has 1 aromatic carbocycles. The van der Waals surface area contributed by atoms with Crippen molar-refractivity contribution >= 4 is 22.5 Å². The third kappa shape index (κ3) is 2.62. The molecule has 2 heterocycles. The van der Waals surface area contributed by atoms with Crippen molar-refractivity contribution in [2.45, 2.75) is 26.2 Å². The molecule has 0 unspecified atom stereocenters. The lowest BCUT2D eigenvalue weighted by molar-refractivity contribution is 0.101. The summed E-state index contributed by atoms with van der Waals surface area (Å²) < 4.78 is 0. The lowest BCUT2D eigenvalue weighted by Gasteiger charge is -2.12. The van der Waals surface area contributed by atoms with Crippen LogP contribution in [0.15, 0.2) is 24.4 Å². The van der Waals surface area contributed by atoms with Gasteiger partial charge < -0.3 is 5.32 Å². The molecule has 0 fully saturated rings. The molecule has 0 radical (unpaired) electrons. The van der Waals surface area contributed by atoms with Gasteiger partial charge in [-0.15, -0.1) is 5.10 Å². The molecule has 0 bridgehead atoms. The Morgan fingerprint density at radius 1 is 1.24 bits per heavy atom. The van der Waals surface area contributed by atoms with E-state index in [1.807, 2.05) is 32.9 Å². The minimum Gasteiger partial charge on any atom is -0.319 e. The fourth-order valence-electron chi connectivity index (χ4n) is 1.91. The van der Waals surface area contributed by atoms with E-state index in [1.54, 1.807) is 12.3 Å². The van der Waals surface area contributed by atoms with Crippen LogP contribution in [0, 0.1) is 0 Å². The number of benzene rings is 1. The van der Waals surface area contributed by atoms with Crippen LogP contribution in [0.3, 0.4) is 0 Å². The maximum absolute atomic E-state index is 12.1. The highest BCUT2D eigenvalue weighted by molar-refractivity contribution is 6.02. The van der Waals surface area contributed by atoms with Gasteiger partial charge in [0.05, 0.1) is 11.7 Å². The number of H-pyrrole nitrogens is 2. The first-order valence-corrected chi connectivity index (χ1v) is 6.61. The summed E-state index contributed by atoms with van der Waals surface area (Å²) in [5, 5.41) is 17.3. The number of fused-ring (bicyclic) bond motifs is 1. The molecule has 0 aliphatic carbocycles. The molecule has 108 valence electrons. The Hall–Kier alpha value is -2.70. The summed E-state index contributed by atoms with van der Waals surface area (Å²) in [4.78, 5) is 16.4. The molecular formula is C14H16N6O. The molecule has 0 saturated heterocycles. The highest BCUT2D eigenvalue weighted by Gasteiger charge is 2.21. The summed E-state index contributed by atoms with van der Waals surface area (Å²) in [6.45, 7) is 6.01. The number of aromatic nitrogens is 5. The standard InChI is InChI=1S/C14H16N6O/c1-14(2,3)13-17-11(19-20-13)12(21)16-9-4-5-10-8(6-9)7-15-18-10/h4-7H,1-3H3,(H,15,18)(H,16,21)(H,17,19,20). The summed E-state index contributed by atoms with van der Waals surface area (Å²) >= 11 is 0. The second-order valence-electron chi connectivity index (χ2n) is 5.88. The van der Waals surface area contributed by atoms with Crippen molar-refractivity contribution in [1.82, 2.24) is 25.4 Å². The number of nitrogens with zero attached hydrogens (tertiary/aromatic N) is 3. The third-order valence-electron chi connectivity index (χ3n) is 3.10. The first kappa shape index (κ1) is 13.3. The van der Waals surface area contributed by atoms with Crippen molar-refractivity contribution in [1.29, 1.82) is 0 Å². The number of aromatic amines is 2. The van der Waals surface area contributed by atoms with Crippen LogP contribution in [-0.2, 0) is 5.41 Å². The number of anilines is 1.